The third-order valence-corrected chi connectivity index (χ3v) is 3.77. The van der Waals surface area contributed by atoms with Gasteiger partial charge in [-0.25, -0.2) is 0 Å². The highest BCUT2D eigenvalue weighted by Crippen LogP contribution is 2.15. The Hall–Kier alpha value is -2.04. The van der Waals surface area contributed by atoms with E-state index >= 15 is 0 Å². The van der Waals surface area contributed by atoms with Crippen LogP contribution < -0.4 is 15.8 Å². The molecule has 0 bridgehead atoms. The van der Waals surface area contributed by atoms with Crippen molar-refractivity contribution >= 4 is 18.3 Å². The van der Waals surface area contributed by atoms with Crippen LogP contribution in [0.2, 0.25) is 0 Å². The summed E-state index contributed by atoms with van der Waals surface area (Å²) in [5, 5.41) is 2.94. The number of aryl methyl sites for hydroxylation is 1. The third-order valence-electron chi connectivity index (χ3n) is 3.77. The normalized spacial score (nSPS) is 11.3. The maximum Gasteiger partial charge on any atom is 0.221 e. The quantitative estimate of drug-likeness (QED) is 0.756. The van der Waals surface area contributed by atoms with E-state index in [-0.39, 0.29) is 24.4 Å². The van der Waals surface area contributed by atoms with Crippen LogP contribution in [0.5, 0.6) is 5.75 Å². The molecule has 0 fully saturated rings. The Morgan fingerprint density at radius 2 is 1.68 bits per heavy atom. The van der Waals surface area contributed by atoms with E-state index in [2.05, 4.69) is 36.5 Å². The number of rotatable bonds is 8. The zero-order valence-corrected chi connectivity index (χ0v) is 15.6. The second kappa shape index (κ2) is 10.7. The van der Waals surface area contributed by atoms with Crippen LogP contribution in [0.3, 0.4) is 0 Å². The first-order valence-electron chi connectivity index (χ1n) is 8.33. The Kier molecular flexibility index (Phi) is 9.03. The van der Waals surface area contributed by atoms with E-state index in [0.29, 0.717) is 19.6 Å². The average Bonchev–Trinajstić information content (AvgIpc) is 2.55. The van der Waals surface area contributed by atoms with Crippen molar-refractivity contribution in [3.05, 3.63) is 65.2 Å². The maximum atomic E-state index is 11.5. The lowest BCUT2D eigenvalue weighted by molar-refractivity contribution is -0.121. The van der Waals surface area contributed by atoms with E-state index in [1.807, 2.05) is 31.2 Å². The van der Waals surface area contributed by atoms with Gasteiger partial charge in [0.05, 0.1) is 0 Å². The highest BCUT2D eigenvalue weighted by Gasteiger charge is 2.07. The first-order valence-corrected chi connectivity index (χ1v) is 8.33. The van der Waals surface area contributed by atoms with Gasteiger partial charge in [-0.05, 0) is 43.5 Å². The number of amides is 1. The smallest absolute Gasteiger partial charge is 0.221 e. The number of ether oxygens (including phenoxy) is 1. The summed E-state index contributed by atoms with van der Waals surface area (Å²) in [5.74, 6) is 0.849. The van der Waals surface area contributed by atoms with Crippen LogP contribution in [-0.4, -0.2) is 18.5 Å². The average molecular weight is 363 g/mol. The second-order valence-corrected chi connectivity index (χ2v) is 6.13. The molecule has 0 aliphatic heterocycles. The van der Waals surface area contributed by atoms with Gasteiger partial charge in [0.25, 0.3) is 0 Å². The van der Waals surface area contributed by atoms with Crippen LogP contribution in [0, 0.1) is 6.92 Å². The molecule has 0 saturated carbocycles. The van der Waals surface area contributed by atoms with Crippen molar-refractivity contribution in [2.24, 2.45) is 5.73 Å². The summed E-state index contributed by atoms with van der Waals surface area (Å²) in [6.45, 7) is 5.01. The van der Waals surface area contributed by atoms with Crippen LogP contribution >= 0.6 is 12.4 Å². The van der Waals surface area contributed by atoms with Gasteiger partial charge in [0, 0.05) is 19.0 Å². The molecule has 3 N–H and O–H groups in total. The molecule has 0 heterocycles. The van der Waals surface area contributed by atoms with Crippen LogP contribution in [0.15, 0.2) is 48.5 Å². The molecule has 0 aliphatic carbocycles. The van der Waals surface area contributed by atoms with E-state index in [1.54, 1.807) is 0 Å². The minimum atomic E-state index is 0. The van der Waals surface area contributed by atoms with Gasteiger partial charge < -0.3 is 15.8 Å². The first kappa shape index (κ1) is 21.0. The van der Waals surface area contributed by atoms with Gasteiger partial charge in [0.1, 0.15) is 12.4 Å². The Morgan fingerprint density at radius 1 is 1.08 bits per heavy atom. The molecular formula is C20H27ClN2O2. The summed E-state index contributed by atoms with van der Waals surface area (Å²) >= 11 is 0. The van der Waals surface area contributed by atoms with E-state index < -0.39 is 0 Å². The van der Waals surface area contributed by atoms with Gasteiger partial charge in [-0.15, -0.1) is 12.4 Å². The summed E-state index contributed by atoms with van der Waals surface area (Å²) in [5.41, 5.74) is 8.94. The number of nitrogens with one attached hydrogen (secondary N) is 1. The van der Waals surface area contributed by atoms with Crippen LogP contribution in [0.4, 0.5) is 0 Å². The molecule has 1 unspecified atom stereocenters. The van der Waals surface area contributed by atoms with Crippen molar-refractivity contribution in [1.82, 2.24) is 5.32 Å². The summed E-state index contributed by atoms with van der Waals surface area (Å²) < 4.78 is 5.80. The van der Waals surface area contributed by atoms with Crippen molar-refractivity contribution in [3.8, 4) is 5.75 Å². The fourth-order valence-corrected chi connectivity index (χ4v) is 2.46. The van der Waals surface area contributed by atoms with Gasteiger partial charge in [0.15, 0.2) is 0 Å². The van der Waals surface area contributed by atoms with E-state index in [1.165, 1.54) is 11.1 Å². The zero-order chi connectivity index (χ0) is 17.4. The Morgan fingerprint density at radius 3 is 2.28 bits per heavy atom. The number of hydrogen-bond donors (Lipinski definition) is 2. The Bertz CT molecular complexity index is 642. The zero-order valence-electron chi connectivity index (χ0n) is 14.8. The summed E-state index contributed by atoms with van der Waals surface area (Å²) in [6, 6.07) is 16.4. The van der Waals surface area contributed by atoms with Crippen molar-refractivity contribution in [2.45, 2.75) is 39.3 Å². The number of carbonyl (C=O) groups is 1. The number of hydrogen-bond acceptors (Lipinski definition) is 3. The molecule has 136 valence electrons. The van der Waals surface area contributed by atoms with Crippen LogP contribution in [-0.2, 0) is 17.8 Å². The SMILES string of the molecule is Cc1ccc(COc2ccc(CC(C)NC(=O)CCN)cc2)cc1.Cl. The molecule has 0 saturated heterocycles. The summed E-state index contributed by atoms with van der Waals surface area (Å²) in [6.07, 6.45) is 1.16. The first-order chi connectivity index (χ1) is 11.6. The van der Waals surface area contributed by atoms with Crippen molar-refractivity contribution in [3.63, 3.8) is 0 Å². The number of nitrogens with two attached hydrogens (primary N) is 1. The molecule has 2 aromatic carbocycles. The predicted octanol–water partition coefficient (Wildman–Crippen LogP) is 3.39. The molecule has 1 atom stereocenters. The monoisotopic (exact) mass is 362 g/mol. The van der Waals surface area contributed by atoms with Gasteiger partial charge >= 0.3 is 0 Å². The largest absolute Gasteiger partial charge is 0.489 e. The fraction of sp³-hybridized carbons (Fsp3) is 0.350. The Balaban J connectivity index is 0.00000312. The van der Waals surface area contributed by atoms with E-state index in [4.69, 9.17) is 10.5 Å². The van der Waals surface area contributed by atoms with Crippen LogP contribution in [0.1, 0.15) is 30.0 Å². The summed E-state index contributed by atoms with van der Waals surface area (Å²) in [7, 11) is 0. The predicted molar refractivity (Wildman–Crippen MR) is 104 cm³/mol. The van der Waals surface area contributed by atoms with Crippen molar-refractivity contribution in [2.75, 3.05) is 6.54 Å². The molecule has 2 aromatic rings. The Labute approximate surface area is 156 Å². The van der Waals surface area contributed by atoms with Gasteiger partial charge in [-0.1, -0.05) is 42.0 Å². The molecule has 0 spiro atoms. The summed E-state index contributed by atoms with van der Waals surface area (Å²) in [4.78, 5) is 11.5. The third kappa shape index (κ3) is 7.59. The molecule has 4 nitrogen and oxygen atoms in total. The lowest BCUT2D eigenvalue weighted by Crippen LogP contribution is -2.35. The standard InChI is InChI=1S/C20H26N2O2.ClH/c1-15-3-5-18(6-4-15)14-24-19-9-7-17(8-10-19)13-16(2)22-20(23)11-12-21;/h3-10,16H,11-14,21H2,1-2H3,(H,22,23);1H. The van der Waals surface area contributed by atoms with Crippen LogP contribution in [0.25, 0.3) is 0 Å². The second-order valence-electron chi connectivity index (χ2n) is 6.13. The number of carbonyl (C=O) groups excluding carboxylic acids is 1. The molecule has 2 rings (SSSR count). The molecular weight excluding hydrogens is 336 g/mol. The van der Waals surface area contributed by atoms with Gasteiger partial charge in [-0.2, -0.15) is 0 Å². The molecule has 5 heteroatoms. The van der Waals surface area contributed by atoms with Crippen molar-refractivity contribution < 1.29 is 9.53 Å². The van der Waals surface area contributed by atoms with Gasteiger partial charge in [-0.3, -0.25) is 4.79 Å². The highest BCUT2D eigenvalue weighted by molar-refractivity contribution is 5.85. The van der Waals surface area contributed by atoms with E-state index in [0.717, 1.165) is 17.7 Å². The molecule has 0 aromatic heterocycles. The highest BCUT2D eigenvalue weighted by atomic mass is 35.5. The minimum Gasteiger partial charge on any atom is -0.489 e. The number of benzene rings is 2. The fourth-order valence-electron chi connectivity index (χ4n) is 2.46. The topological polar surface area (TPSA) is 64.3 Å². The van der Waals surface area contributed by atoms with Crippen molar-refractivity contribution in [1.29, 1.82) is 0 Å². The lowest BCUT2D eigenvalue weighted by Gasteiger charge is -2.14. The molecule has 0 aliphatic rings. The molecule has 0 radical (unpaired) electrons. The molecule has 25 heavy (non-hydrogen) atoms. The minimum absolute atomic E-state index is 0. The number of halogens is 1. The molecule has 1 amide bonds. The lowest BCUT2D eigenvalue weighted by atomic mass is 10.1. The maximum absolute atomic E-state index is 11.5. The van der Waals surface area contributed by atoms with E-state index in [9.17, 15) is 4.79 Å². The van der Waals surface area contributed by atoms with Gasteiger partial charge in [0.2, 0.25) is 5.91 Å².